The molecule has 4 heterocycles. The summed E-state index contributed by atoms with van der Waals surface area (Å²) in [5.74, 6) is 0.682. The molecule has 2 bridgehead atoms. The van der Waals surface area contributed by atoms with E-state index in [0.717, 1.165) is 62.7 Å². The summed E-state index contributed by atoms with van der Waals surface area (Å²) in [7, 11) is 1.39. The van der Waals surface area contributed by atoms with Crippen LogP contribution in [0.25, 0.3) is 11.3 Å². The number of carbonyl (C=O) groups is 1. The van der Waals surface area contributed by atoms with Gasteiger partial charge in [0.1, 0.15) is 28.9 Å². The van der Waals surface area contributed by atoms with Crippen LogP contribution in [-0.4, -0.2) is 41.4 Å². The molecule has 2 aliphatic carbocycles. The van der Waals surface area contributed by atoms with Gasteiger partial charge in [0.15, 0.2) is 0 Å². The molecule has 2 aliphatic heterocycles. The number of halogens is 2. The van der Waals surface area contributed by atoms with Gasteiger partial charge in [0.25, 0.3) is 0 Å². The van der Waals surface area contributed by atoms with Gasteiger partial charge < -0.3 is 18.9 Å². The normalized spacial score (nSPS) is 24.3. The van der Waals surface area contributed by atoms with Crippen LogP contribution in [0.15, 0.2) is 35.0 Å². The number of pyridine rings is 1. The summed E-state index contributed by atoms with van der Waals surface area (Å²) >= 11 is 0. The first-order chi connectivity index (χ1) is 19.0. The van der Waals surface area contributed by atoms with Crippen LogP contribution in [0.4, 0.5) is 14.6 Å². The van der Waals surface area contributed by atoms with Crippen molar-refractivity contribution < 1.29 is 27.6 Å². The smallest absolute Gasteiger partial charge is 0.339 e. The van der Waals surface area contributed by atoms with E-state index in [1.807, 2.05) is 6.07 Å². The Hall–Kier alpha value is -3.33. The van der Waals surface area contributed by atoms with Gasteiger partial charge in [-0.2, -0.15) is 0 Å². The van der Waals surface area contributed by atoms with Crippen molar-refractivity contribution >= 4 is 11.8 Å². The van der Waals surface area contributed by atoms with Crippen LogP contribution >= 0.6 is 0 Å². The molecule has 2 aromatic heterocycles. The van der Waals surface area contributed by atoms with Crippen molar-refractivity contribution in [1.29, 1.82) is 0 Å². The van der Waals surface area contributed by atoms with E-state index in [-0.39, 0.29) is 47.9 Å². The number of hydrogen-bond acceptors (Lipinski definition) is 7. The molecular formula is C30H31F2N3O4. The Labute approximate surface area is 225 Å². The quantitative estimate of drug-likeness (QED) is 0.315. The summed E-state index contributed by atoms with van der Waals surface area (Å²) in [5.41, 5.74) is 2.35. The number of methoxy groups -OCH3 is 1. The maximum absolute atomic E-state index is 14.6. The number of rotatable bonds is 8. The zero-order valence-electron chi connectivity index (χ0n) is 21.9. The van der Waals surface area contributed by atoms with Gasteiger partial charge in [-0.3, -0.25) is 0 Å². The number of nitrogens with zero attached hydrogens (tertiary/aromatic N) is 3. The molecule has 2 saturated carbocycles. The number of aromatic nitrogens is 2. The summed E-state index contributed by atoms with van der Waals surface area (Å²) in [5, 5.41) is 4.10. The Morgan fingerprint density at radius 3 is 2.38 bits per heavy atom. The average molecular weight is 536 g/mol. The number of esters is 1. The second-order valence-corrected chi connectivity index (χ2v) is 11.3. The molecule has 0 amide bonds. The number of piperidine rings is 1. The average Bonchev–Trinajstić information content (AvgIpc) is 3.87. The lowest BCUT2D eigenvalue weighted by Gasteiger charge is -2.40. The summed E-state index contributed by atoms with van der Waals surface area (Å²) in [6.07, 6.45) is 9.62. The van der Waals surface area contributed by atoms with Crippen LogP contribution in [0.5, 0.6) is 0 Å². The van der Waals surface area contributed by atoms with Crippen molar-refractivity contribution in [2.45, 2.75) is 88.0 Å². The third kappa shape index (κ3) is 4.50. The first kappa shape index (κ1) is 24.7. The highest BCUT2D eigenvalue weighted by molar-refractivity contribution is 5.89. The van der Waals surface area contributed by atoms with Crippen LogP contribution in [0.1, 0.15) is 90.4 Å². The Kier molecular flexibility index (Phi) is 6.14. The highest BCUT2D eigenvalue weighted by atomic mass is 19.1. The first-order valence-electron chi connectivity index (χ1n) is 13.9. The van der Waals surface area contributed by atoms with Crippen LogP contribution in [0.3, 0.4) is 0 Å². The molecule has 7 nitrogen and oxygen atoms in total. The van der Waals surface area contributed by atoms with E-state index >= 15 is 0 Å². The summed E-state index contributed by atoms with van der Waals surface area (Å²) in [4.78, 5) is 19.4. The fraction of sp³-hybridized carbons (Fsp3) is 0.500. The lowest BCUT2D eigenvalue weighted by atomic mass is 9.97. The van der Waals surface area contributed by atoms with Gasteiger partial charge in [0, 0.05) is 29.8 Å². The minimum Gasteiger partial charge on any atom is -0.465 e. The van der Waals surface area contributed by atoms with Crippen LogP contribution in [-0.2, 0) is 16.1 Å². The topological polar surface area (TPSA) is 77.7 Å². The molecule has 7 rings (SSSR count). The molecule has 0 N–H and O–H groups in total. The van der Waals surface area contributed by atoms with Crippen LogP contribution in [0.2, 0.25) is 0 Å². The molecule has 2 saturated heterocycles. The SMILES string of the molecule is COC(=O)c1cnc(N2C3CCC2CC(OCc2c(-c4c(F)cccc4F)noc2C2CC2)C3)c(C2CC2)c1. The molecule has 3 aromatic rings. The molecule has 4 fully saturated rings. The Morgan fingerprint density at radius 1 is 1.05 bits per heavy atom. The molecule has 9 heteroatoms. The molecular weight excluding hydrogens is 504 g/mol. The number of anilines is 1. The van der Waals surface area contributed by atoms with Gasteiger partial charge in [-0.05, 0) is 81.0 Å². The van der Waals surface area contributed by atoms with E-state index in [4.69, 9.17) is 19.0 Å². The standard InChI is InChI=1S/C30H31F2N3O4/c1-37-30(36)18-11-22(16-5-6-16)29(33-14-18)35-19-9-10-20(35)13-21(12-19)38-15-23-27(34-39-28(23)17-7-8-17)26-24(31)3-2-4-25(26)32/h2-4,11,14,16-17,19-21H,5-10,12-13,15H2,1H3. The first-order valence-corrected chi connectivity index (χ1v) is 13.9. The van der Waals surface area contributed by atoms with Crippen molar-refractivity contribution in [3.8, 4) is 11.3 Å². The number of hydrogen-bond donors (Lipinski definition) is 0. The zero-order chi connectivity index (χ0) is 26.7. The van der Waals surface area contributed by atoms with Gasteiger partial charge in [0.05, 0.1) is 30.9 Å². The van der Waals surface area contributed by atoms with Crippen LogP contribution < -0.4 is 4.90 Å². The molecule has 1 aromatic carbocycles. The minimum atomic E-state index is -0.657. The van der Waals surface area contributed by atoms with E-state index in [1.54, 1.807) is 6.20 Å². The molecule has 2 unspecified atom stereocenters. The highest BCUT2D eigenvalue weighted by Crippen LogP contribution is 2.49. The van der Waals surface area contributed by atoms with E-state index in [0.29, 0.717) is 22.8 Å². The zero-order valence-corrected chi connectivity index (χ0v) is 21.9. The molecule has 0 spiro atoms. The molecule has 39 heavy (non-hydrogen) atoms. The molecule has 4 aliphatic rings. The van der Waals surface area contributed by atoms with Crippen molar-refractivity contribution in [3.63, 3.8) is 0 Å². The second kappa shape index (κ2) is 9.70. The Balaban J connectivity index is 1.11. The van der Waals surface area contributed by atoms with Gasteiger partial charge in [-0.15, -0.1) is 0 Å². The Bertz CT molecular complexity index is 1380. The summed E-state index contributed by atoms with van der Waals surface area (Å²) in [6, 6.07) is 6.37. The van der Waals surface area contributed by atoms with E-state index < -0.39 is 11.6 Å². The van der Waals surface area contributed by atoms with Crippen molar-refractivity contribution in [2.24, 2.45) is 0 Å². The van der Waals surface area contributed by atoms with Gasteiger partial charge >= 0.3 is 5.97 Å². The van der Waals surface area contributed by atoms with Crippen molar-refractivity contribution in [3.05, 3.63) is 64.5 Å². The predicted molar refractivity (Wildman–Crippen MR) is 138 cm³/mol. The highest BCUT2D eigenvalue weighted by Gasteiger charge is 2.44. The number of fused-ring (bicyclic) bond motifs is 2. The number of benzene rings is 1. The van der Waals surface area contributed by atoms with Crippen molar-refractivity contribution in [2.75, 3.05) is 12.0 Å². The minimum absolute atomic E-state index is 0.0118. The van der Waals surface area contributed by atoms with Crippen LogP contribution in [0, 0.1) is 11.6 Å². The maximum atomic E-state index is 14.6. The molecule has 204 valence electrons. The number of carbonyl (C=O) groups excluding carboxylic acids is 1. The number of ether oxygens (including phenoxy) is 2. The third-order valence-electron chi connectivity index (χ3n) is 8.70. The maximum Gasteiger partial charge on any atom is 0.339 e. The fourth-order valence-corrected chi connectivity index (χ4v) is 6.47. The monoisotopic (exact) mass is 535 g/mol. The van der Waals surface area contributed by atoms with Gasteiger partial charge in [0.2, 0.25) is 0 Å². The fourth-order valence-electron chi connectivity index (χ4n) is 6.47. The largest absolute Gasteiger partial charge is 0.465 e. The third-order valence-corrected chi connectivity index (χ3v) is 8.70. The summed E-state index contributed by atoms with van der Waals surface area (Å²) < 4.78 is 46.3. The molecule has 2 atom stereocenters. The van der Waals surface area contributed by atoms with E-state index in [1.165, 1.54) is 25.3 Å². The Morgan fingerprint density at radius 2 is 1.74 bits per heavy atom. The lowest BCUT2D eigenvalue weighted by Crippen LogP contribution is -2.46. The van der Waals surface area contributed by atoms with E-state index in [2.05, 4.69) is 10.1 Å². The van der Waals surface area contributed by atoms with Gasteiger partial charge in [-0.25, -0.2) is 18.6 Å². The van der Waals surface area contributed by atoms with E-state index in [9.17, 15) is 13.6 Å². The lowest BCUT2D eigenvalue weighted by molar-refractivity contribution is 0.0145. The molecule has 0 radical (unpaired) electrons. The second-order valence-electron chi connectivity index (χ2n) is 11.3. The van der Waals surface area contributed by atoms with Gasteiger partial charge in [-0.1, -0.05) is 11.2 Å². The van der Waals surface area contributed by atoms with Crippen molar-refractivity contribution in [1.82, 2.24) is 10.1 Å². The summed E-state index contributed by atoms with van der Waals surface area (Å²) in [6.45, 7) is 0.210. The predicted octanol–water partition coefficient (Wildman–Crippen LogP) is 6.27.